The van der Waals surface area contributed by atoms with E-state index in [1.54, 1.807) is 6.20 Å². The highest BCUT2D eigenvalue weighted by Crippen LogP contribution is 2.27. The van der Waals surface area contributed by atoms with Gasteiger partial charge in [-0.1, -0.05) is 0 Å². The van der Waals surface area contributed by atoms with E-state index >= 15 is 0 Å². The standard InChI is InChI=1S/C12H18IN3O2/c1-11(2,3)18-10(17)4-12(7-14-8-12)16-6-9(13)5-15-16/h5-6,14H,4,7-8H2,1-3H3. The molecule has 0 aliphatic carbocycles. The van der Waals surface area contributed by atoms with Gasteiger partial charge in [0.1, 0.15) is 5.60 Å². The molecule has 1 N–H and O–H groups in total. The van der Waals surface area contributed by atoms with Crippen LogP contribution in [0.1, 0.15) is 27.2 Å². The van der Waals surface area contributed by atoms with Gasteiger partial charge in [0.05, 0.1) is 21.7 Å². The van der Waals surface area contributed by atoms with Gasteiger partial charge in [0, 0.05) is 19.3 Å². The summed E-state index contributed by atoms with van der Waals surface area (Å²) in [6.45, 7) is 7.16. The number of halogens is 1. The summed E-state index contributed by atoms with van der Waals surface area (Å²) in [7, 11) is 0. The second kappa shape index (κ2) is 4.80. The monoisotopic (exact) mass is 363 g/mol. The molecule has 6 heteroatoms. The first-order valence-corrected chi connectivity index (χ1v) is 7.02. The smallest absolute Gasteiger partial charge is 0.308 e. The van der Waals surface area contributed by atoms with Crippen LogP contribution in [-0.4, -0.2) is 34.4 Å². The molecule has 0 aromatic carbocycles. The maximum atomic E-state index is 12.0. The Morgan fingerprint density at radius 2 is 2.28 bits per heavy atom. The van der Waals surface area contributed by atoms with Crippen molar-refractivity contribution in [3.8, 4) is 0 Å². The van der Waals surface area contributed by atoms with E-state index in [-0.39, 0.29) is 11.5 Å². The first-order valence-electron chi connectivity index (χ1n) is 5.94. The fourth-order valence-electron chi connectivity index (χ4n) is 1.99. The van der Waals surface area contributed by atoms with E-state index in [0.717, 1.165) is 16.7 Å². The van der Waals surface area contributed by atoms with Crippen molar-refractivity contribution in [1.82, 2.24) is 15.1 Å². The molecule has 1 aromatic rings. The highest BCUT2D eigenvalue weighted by atomic mass is 127. The molecule has 0 amide bonds. The number of aromatic nitrogens is 2. The second-order valence-corrected chi connectivity index (χ2v) is 6.94. The molecule has 2 heterocycles. The van der Waals surface area contributed by atoms with Crippen molar-refractivity contribution in [3.63, 3.8) is 0 Å². The maximum absolute atomic E-state index is 12.0. The van der Waals surface area contributed by atoms with Gasteiger partial charge in [-0.05, 0) is 43.4 Å². The van der Waals surface area contributed by atoms with Crippen LogP contribution in [0.25, 0.3) is 0 Å². The molecule has 0 unspecified atom stereocenters. The van der Waals surface area contributed by atoms with Crippen molar-refractivity contribution >= 4 is 28.6 Å². The quantitative estimate of drug-likeness (QED) is 0.654. The minimum Gasteiger partial charge on any atom is -0.460 e. The molecule has 0 bridgehead atoms. The van der Waals surface area contributed by atoms with Crippen LogP contribution < -0.4 is 5.32 Å². The lowest BCUT2D eigenvalue weighted by molar-refractivity contribution is -0.158. The van der Waals surface area contributed by atoms with E-state index in [1.807, 2.05) is 31.6 Å². The van der Waals surface area contributed by atoms with E-state index < -0.39 is 5.60 Å². The van der Waals surface area contributed by atoms with Crippen LogP contribution in [0.15, 0.2) is 12.4 Å². The Morgan fingerprint density at radius 1 is 1.61 bits per heavy atom. The van der Waals surface area contributed by atoms with Gasteiger partial charge in [0.25, 0.3) is 0 Å². The largest absolute Gasteiger partial charge is 0.460 e. The summed E-state index contributed by atoms with van der Waals surface area (Å²) >= 11 is 2.22. The number of hydrogen-bond acceptors (Lipinski definition) is 4. The second-order valence-electron chi connectivity index (χ2n) is 5.69. The number of carbonyl (C=O) groups is 1. The summed E-state index contributed by atoms with van der Waals surface area (Å²) in [5, 5.41) is 7.53. The molecule has 5 nitrogen and oxygen atoms in total. The number of ether oxygens (including phenoxy) is 1. The Kier molecular flexibility index (Phi) is 3.68. The van der Waals surface area contributed by atoms with Gasteiger partial charge in [-0.15, -0.1) is 0 Å². The van der Waals surface area contributed by atoms with Crippen LogP contribution in [0.3, 0.4) is 0 Å². The molecule has 0 atom stereocenters. The third-order valence-corrected chi connectivity index (χ3v) is 3.40. The molecule has 18 heavy (non-hydrogen) atoms. The summed E-state index contributed by atoms with van der Waals surface area (Å²) in [6, 6.07) is 0. The first-order chi connectivity index (χ1) is 8.31. The summed E-state index contributed by atoms with van der Waals surface area (Å²) in [4.78, 5) is 12.0. The van der Waals surface area contributed by atoms with Gasteiger partial charge in [0.15, 0.2) is 0 Å². The number of rotatable bonds is 3. The van der Waals surface area contributed by atoms with Crippen LogP contribution >= 0.6 is 22.6 Å². The number of esters is 1. The summed E-state index contributed by atoms with van der Waals surface area (Å²) in [5.74, 6) is -0.172. The van der Waals surface area contributed by atoms with Gasteiger partial charge in [0.2, 0.25) is 0 Å². The predicted molar refractivity (Wildman–Crippen MR) is 76.2 cm³/mol. The Bertz CT molecular complexity index is 446. The van der Waals surface area contributed by atoms with E-state index in [1.165, 1.54) is 0 Å². The number of nitrogens with zero attached hydrogens (tertiary/aromatic N) is 2. The van der Waals surface area contributed by atoms with E-state index in [2.05, 4.69) is 33.0 Å². The minimum atomic E-state index is -0.437. The van der Waals surface area contributed by atoms with Crippen LogP contribution in [0.4, 0.5) is 0 Å². The number of hydrogen-bond donors (Lipinski definition) is 1. The lowest BCUT2D eigenvalue weighted by Crippen LogP contribution is -2.61. The van der Waals surface area contributed by atoms with Gasteiger partial charge < -0.3 is 10.1 Å². The third-order valence-electron chi connectivity index (χ3n) is 2.84. The molecule has 2 rings (SSSR count). The molecular formula is C12H18IN3O2. The Morgan fingerprint density at radius 3 is 2.67 bits per heavy atom. The molecule has 0 radical (unpaired) electrons. The first kappa shape index (κ1) is 13.8. The number of nitrogens with one attached hydrogen (secondary N) is 1. The average Bonchev–Trinajstić information content (AvgIpc) is 2.55. The zero-order chi connectivity index (χ0) is 13.4. The van der Waals surface area contributed by atoms with Crippen molar-refractivity contribution in [2.45, 2.75) is 38.3 Å². The topological polar surface area (TPSA) is 56.2 Å². The van der Waals surface area contributed by atoms with Crippen LogP contribution in [-0.2, 0) is 15.1 Å². The lowest BCUT2D eigenvalue weighted by atomic mass is 9.88. The van der Waals surface area contributed by atoms with Crippen molar-refractivity contribution in [3.05, 3.63) is 16.0 Å². The summed E-state index contributed by atoms with van der Waals surface area (Å²) in [6.07, 6.45) is 4.12. The predicted octanol–water partition coefficient (Wildman–Crippen LogP) is 1.52. The van der Waals surface area contributed by atoms with E-state index in [9.17, 15) is 4.79 Å². The Balaban J connectivity index is 2.08. The molecule has 100 valence electrons. The Labute approximate surface area is 120 Å². The Hall–Kier alpha value is -0.630. The van der Waals surface area contributed by atoms with Crippen LogP contribution in [0.5, 0.6) is 0 Å². The summed E-state index contributed by atoms with van der Waals surface area (Å²) in [5.41, 5.74) is -0.695. The van der Waals surface area contributed by atoms with Crippen molar-refractivity contribution in [1.29, 1.82) is 0 Å². The fraction of sp³-hybridized carbons (Fsp3) is 0.667. The zero-order valence-electron chi connectivity index (χ0n) is 10.9. The van der Waals surface area contributed by atoms with Crippen LogP contribution in [0, 0.1) is 3.57 Å². The average molecular weight is 363 g/mol. The molecule has 1 aliphatic rings. The normalized spacial score (nSPS) is 18.2. The molecule has 1 aliphatic heterocycles. The minimum absolute atomic E-state index is 0.172. The summed E-state index contributed by atoms with van der Waals surface area (Å²) < 4.78 is 8.34. The van der Waals surface area contributed by atoms with Gasteiger partial charge in [-0.3, -0.25) is 9.48 Å². The van der Waals surface area contributed by atoms with Gasteiger partial charge in [-0.25, -0.2) is 0 Å². The van der Waals surface area contributed by atoms with Gasteiger partial charge in [-0.2, -0.15) is 5.10 Å². The SMILES string of the molecule is CC(C)(C)OC(=O)CC1(n2cc(I)cn2)CNC1. The molecule has 0 spiro atoms. The van der Waals surface area contributed by atoms with Crippen molar-refractivity contribution in [2.24, 2.45) is 0 Å². The molecule has 1 fully saturated rings. The molecule has 0 saturated carbocycles. The molecule has 1 saturated heterocycles. The molecular weight excluding hydrogens is 345 g/mol. The zero-order valence-corrected chi connectivity index (χ0v) is 13.0. The third kappa shape index (κ3) is 3.03. The highest BCUT2D eigenvalue weighted by Gasteiger charge is 2.42. The molecule has 1 aromatic heterocycles. The van der Waals surface area contributed by atoms with Crippen molar-refractivity contribution in [2.75, 3.05) is 13.1 Å². The maximum Gasteiger partial charge on any atom is 0.308 e. The highest BCUT2D eigenvalue weighted by molar-refractivity contribution is 14.1. The van der Waals surface area contributed by atoms with Gasteiger partial charge >= 0.3 is 5.97 Å². The van der Waals surface area contributed by atoms with E-state index in [4.69, 9.17) is 4.74 Å². The van der Waals surface area contributed by atoms with Crippen molar-refractivity contribution < 1.29 is 9.53 Å². The fourth-order valence-corrected chi connectivity index (χ4v) is 2.38. The lowest BCUT2D eigenvalue weighted by Gasteiger charge is -2.42. The van der Waals surface area contributed by atoms with Crippen LogP contribution in [0.2, 0.25) is 0 Å². The number of carbonyl (C=O) groups excluding carboxylic acids is 1. The van der Waals surface area contributed by atoms with E-state index in [0.29, 0.717) is 6.42 Å².